The smallest absolute Gasteiger partial charge is 0.227 e. The molecule has 4 nitrogen and oxygen atoms in total. The minimum absolute atomic E-state index is 0.482. The van der Waals surface area contributed by atoms with E-state index in [-0.39, 0.29) is 0 Å². The van der Waals surface area contributed by atoms with Gasteiger partial charge in [0.05, 0.1) is 5.56 Å². The number of aryl methyl sites for hydroxylation is 2. The van der Waals surface area contributed by atoms with Crippen molar-refractivity contribution in [3.63, 3.8) is 0 Å². The van der Waals surface area contributed by atoms with E-state index in [1.165, 1.54) is 0 Å². The summed E-state index contributed by atoms with van der Waals surface area (Å²) in [5.74, 6) is 2.56. The molecule has 0 aliphatic carbocycles. The highest BCUT2D eigenvalue weighted by molar-refractivity contribution is 5.47. The molecular weight excluding hydrogens is 238 g/mol. The lowest BCUT2D eigenvalue weighted by Gasteiger charge is -2.12. The third kappa shape index (κ3) is 2.84. The minimum Gasteiger partial charge on any atom is -0.438 e. The quantitative estimate of drug-likeness (QED) is 0.913. The van der Waals surface area contributed by atoms with Gasteiger partial charge < -0.3 is 10.5 Å². The zero-order valence-corrected chi connectivity index (χ0v) is 11.6. The van der Waals surface area contributed by atoms with Crippen LogP contribution in [0.4, 0.5) is 5.82 Å². The Morgan fingerprint density at radius 2 is 1.84 bits per heavy atom. The highest BCUT2D eigenvalue weighted by Gasteiger charge is 2.11. The fraction of sp³-hybridized carbons (Fsp3) is 0.333. The van der Waals surface area contributed by atoms with Crippen LogP contribution in [-0.4, -0.2) is 9.97 Å². The van der Waals surface area contributed by atoms with Crippen molar-refractivity contribution >= 4 is 5.82 Å². The molecule has 0 aliphatic heterocycles. The lowest BCUT2D eigenvalue weighted by molar-refractivity contribution is 0.450. The van der Waals surface area contributed by atoms with Crippen LogP contribution in [-0.2, 0) is 12.8 Å². The maximum absolute atomic E-state index is 5.92. The normalized spacial score (nSPS) is 10.5. The van der Waals surface area contributed by atoms with Crippen molar-refractivity contribution in [1.29, 1.82) is 0 Å². The van der Waals surface area contributed by atoms with E-state index < -0.39 is 0 Å². The maximum Gasteiger partial charge on any atom is 0.227 e. The van der Waals surface area contributed by atoms with Gasteiger partial charge in [-0.3, -0.25) is 0 Å². The molecule has 0 bridgehead atoms. The van der Waals surface area contributed by atoms with E-state index >= 15 is 0 Å². The molecule has 2 N–H and O–H groups in total. The Bertz CT molecular complexity index is 582. The van der Waals surface area contributed by atoms with Gasteiger partial charge in [-0.25, -0.2) is 4.98 Å². The molecule has 100 valence electrons. The number of nitrogens with zero attached hydrogens (tertiary/aromatic N) is 2. The molecule has 0 aliphatic rings. The number of para-hydroxylation sites is 1. The number of rotatable bonds is 4. The van der Waals surface area contributed by atoms with Crippen LogP contribution >= 0.6 is 0 Å². The molecule has 0 fully saturated rings. The lowest BCUT2D eigenvalue weighted by Crippen LogP contribution is -2.04. The second-order valence-corrected chi connectivity index (χ2v) is 4.37. The molecule has 0 spiro atoms. The molecule has 1 aromatic carbocycles. The maximum atomic E-state index is 5.92. The summed E-state index contributed by atoms with van der Waals surface area (Å²) in [5, 5.41) is 0. The van der Waals surface area contributed by atoms with Crippen molar-refractivity contribution < 1.29 is 4.74 Å². The number of nitrogen functional groups attached to an aromatic ring is 1. The number of aromatic nitrogens is 2. The Balaban J connectivity index is 2.40. The van der Waals surface area contributed by atoms with Crippen molar-refractivity contribution in [3.8, 4) is 11.6 Å². The van der Waals surface area contributed by atoms with Gasteiger partial charge >= 0.3 is 0 Å². The summed E-state index contributed by atoms with van der Waals surface area (Å²) in [6.07, 6.45) is 1.65. The van der Waals surface area contributed by atoms with Crippen molar-refractivity contribution in [1.82, 2.24) is 9.97 Å². The van der Waals surface area contributed by atoms with Gasteiger partial charge in [-0.1, -0.05) is 32.0 Å². The fourth-order valence-corrected chi connectivity index (χ4v) is 1.82. The van der Waals surface area contributed by atoms with Crippen molar-refractivity contribution in [2.24, 2.45) is 0 Å². The highest BCUT2D eigenvalue weighted by Crippen LogP contribution is 2.28. The van der Waals surface area contributed by atoms with Crippen molar-refractivity contribution in [2.45, 2.75) is 33.6 Å². The second-order valence-electron chi connectivity index (χ2n) is 4.37. The summed E-state index contributed by atoms with van der Waals surface area (Å²) in [7, 11) is 0. The number of benzene rings is 1. The second kappa shape index (κ2) is 5.69. The van der Waals surface area contributed by atoms with Gasteiger partial charge in [0.25, 0.3) is 0 Å². The number of anilines is 1. The molecule has 0 atom stereocenters. The summed E-state index contributed by atoms with van der Waals surface area (Å²) in [6.45, 7) is 5.97. The molecule has 1 heterocycles. The Hall–Kier alpha value is -2.10. The fourth-order valence-electron chi connectivity index (χ4n) is 1.82. The van der Waals surface area contributed by atoms with Crippen LogP contribution in [0.25, 0.3) is 0 Å². The van der Waals surface area contributed by atoms with Gasteiger partial charge in [0.2, 0.25) is 5.88 Å². The van der Waals surface area contributed by atoms with E-state index in [0.717, 1.165) is 29.7 Å². The number of hydrogen-bond donors (Lipinski definition) is 1. The highest BCUT2D eigenvalue weighted by atomic mass is 16.5. The average molecular weight is 257 g/mol. The van der Waals surface area contributed by atoms with Gasteiger partial charge in [-0.2, -0.15) is 4.98 Å². The largest absolute Gasteiger partial charge is 0.438 e. The number of hydrogen-bond acceptors (Lipinski definition) is 4. The van der Waals surface area contributed by atoms with E-state index in [1.807, 2.05) is 32.0 Å². The molecule has 0 saturated heterocycles. The first kappa shape index (κ1) is 13.3. The number of ether oxygens (including phenoxy) is 1. The van der Waals surface area contributed by atoms with Crippen LogP contribution in [0.15, 0.2) is 24.3 Å². The molecule has 0 radical (unpaired) electrons. The van der Waals surface area contributed by atoms with Gasteiger partial charge in [0, 0.05) is 6.42 Å². The standard InChI is InChI=1S/C15H19N3O/c1-4-11-8-6-7-9-12(11)19-15-10(3)14(16)17-13(5-2)18-15/h6-9H,4-5H2,1-3H3,(H2,16,17,18). The Labute approximate surface area is 113 Å². The molecule has 1 aromatic heterocycles. The molecule has 2 rings (SSSR count). The monoisotopic (exact) mass is 257 g/mol. The summed E-state index contributed by atoms with van der Waals surface area (Å²) in [5.41, 5.74) is 7.82. The van der Waals surface area contributed by atoms with Crippen LogP contribution in [0, 0.1) is 6.92 Å². The van der Waals surface area contributed by atoms with Crippen LogP contribution in [0.2, 0.25) is 0 Å². The van der Waals surface area contributed by atoms with E-state index in [0.29, 0.717) is 17.5 Å². The van der Waals surface area contributed by atoms with Crippen LogP contribution in [0.1, 0.15) is 30.8 Å². The average Bonchev–Trinajstić information content (AvgIpc) is 2.44. The first-order chi connectivity index (χ1) is 9.15. The first-order valence-electron chi connectivity index (χ1n) is 6.54. The zero-order valence-electron chi connectivity index (χ0n) is 11.6. The predicted molar refractivity (Wildman–Crippen MR) is 76.5 cm³/mol. The Morgan fingerprint density at radius 3 is 2.53 bits per heavy atom. The Morgan fingerprint density at radius 1 is 1.11 bits per heavy atom. The first-order valence-corrected chi connectivity index (χ1v) is 6.54. The van der Waals surface area contributed by atoms with E-state index in [9.17, 15) is 0 Å². The Kier molecular flexibility index (Phi) is 4.00. The van der Waals surface area contributed by atoms with E-state index in [2.05, 4.69) is 23.0 Å². The third-order valence-corrected chi connectivity index (χ3v) is 3.06. The molecule has 0 unspecified atom stereocenters. The van der Waals surface area contributed by atoms with E-state index in [4.69, 9.17) is 10.5 Å². The minimum atomic E-state index is 0.482. The van der Waals surface area contributed by atoms with Crippen LogP contribution in [0.3, 0.4) is 0 Å². The zero-order chi connectivity index (χ0) is 13.8. The summed E-state index contributed by atoms with van der Waals surface area (Å²) in [6, 6.07) is 7.96. The summed E-state index contributed by atoms with van der Waals surface area (Å²) >= 11 is 0. The summed E-state index contributed by atoms with van der Waals surface area (Å²) in [4.78, 5) is 8.63. The lowest BCUT2D eigenvalue weighted by atomic mass is 10.1. The van der Waals surface area contributed by atoms with E-state index in [1.54, 1.807) is 0 Å². The predicted octanol–water partition coefficient (Wildman–Crippen LogP) is 3.28. The molecule has 2 aromatic rings. The topological polar surface area (TPSA) is 61.0 Å². The summed E-state index contributed by atoms with van der Waals surface area (Å²) < 4.78 is 5.92. The van der Waals surface area contributed by atoms with Crippen LogP contribution < -0.4 is 10.5 Å². The molecular formula is C15H19N3O. The van der Waals surface area contributed by atoms with Gasteiger partial charge in [-0.15, -0.1) is 0 Å². The molecule has 0 amide bonds. The van der Waals surface area contributed by atoms with Crippen molar-refractivity contribution in [2.75, 3.05) is 5.73 Å². The molecule has 0 saturated carbocycles. The number of nitrogens with two attached hydrogens (primary N) is 1. The van der Waals surface area contributed by atoms with Gasteiger partial charge in [0.15, 0.2) is 0 Å². The molecule has 19 heavy (non-hydrogen) atoms. The molecule has 4 heteroatoms. The van der Waals surface area contributed by atoms with Gasteiger partial charge in [-0.05, 0) is 25.0 Å². The third-order valence-electron chi connectivity index (χ3n) is 3.06. The van der Waals surface area contributed by atoms with Gasteiger partial charge in [0.1, 0.15) is 17.4 Å². The van der Waals surface area contributed by atoms with Crippen LogP contribution in [0.5, 0.6) is 11.6 Å². The SMILES string of the molecule is CCc1nc(N)c(C)c(Oc2ccccc2CC)n1. The van der Waals surface area contributed by atoms with Crippen molar-refractivity contribution in [3.05, 3.63) is 41.2 Å².